The van der Waals surface area contributed by atoms with Crippen LogP contribution in [0.3, 0.4) is 0 Å². The van der Waals surface area contributed by atoms with E-state index in [0.717, 1.165) is 0 Å². The van der Waals surface area contributed by atoms with Gasteiger partial charge in [0.2, 0.25) is 5.69 Å². The van der Waals surface area contributed by atoms with Crippen LogP contribution in [0.2, 0.25) is 0 Å². The third-order valence-corrected chi connectivity index (χ3v) is 3.56. The molecule has 0 N–H and O–H groups in total. The number of hydrogen-bond donors (Lipinski definition) is 0. The van der Waals surface area contributed by atoms with E-state index in [-0.39, 0.29) is 12.4 Å². The zero-order valence-corrected chi connectivity index (χ0v) is 12.4. The van der Waals surface area contributed by atoms with Crippen molar-refractivity contribution >= 4 is 0 Å². The van der Waals surface area contributed by atoms with E-state index in [4.69, 9.17) is 0 Å². The van der Waals surface area contributed by atoms with Crippen molar-refractivity contribution in [2.24, 2.45) is 14.1 Å². The van der Waals surface area contributed by atoms with Gasteiger partial charge in [-0.25, -0.2) is 0 Å². The summed E-state index contributed by atoms with van der Waals surface area (Å²) in [6.45, 7) is 0. The van der Waals surface area contributed by atoms with Crippen LogP contribution in [-0.2, 0) is 14.1 Å². The summed E-state index contributed by atoms with van der Waals surface area (Å²) in [4.78, 5) is 0. The van der Waals surface area contributed by atoms with E-state index in [0.29, 0.717) is 0 Å². The van der Waals surface area contributed by atoms with E-state index < -0.39 is 0 Å². The summed E-state index contributed by atoms with van der Waals surface area (Å²) in [5.74, 6) is 0. The Hall–Kier alpha value is -2.06. The van der Waals surface area contributed by atoms with Gasteiger partial charge >= 0.3 is 0 Å². The maximum Gasteiger partial charge on any atom is 0.238 e. The Bertz CT molecular complexity index is 628. The lowest BCUT2D eigenvalue weighted by Crippen LogP contribution is -3.00. The lowest BCUT2D eigenvalue weighted by Gasteiger charge is -1.99. The van der Waals surface area contributed by atoms with Gasteiger partial charge in [-0.15, -0.1) is 4.68 Å². The van der Waals surface area contributed by atoms with Crippen molar-refractivity contribution in [1.82, 2.24) is 4.68 Å². The van der Waals surface area contributed by atoms with Gasteiger partial charge in [0.05, 0.1) is 7.05 Å². The van der Waals surface area contributed by atoms with Crippen LogP contribution in [0.25, 0.3) is 22.5 Å². The Kier molecular flexibility index (Phi) is 4.26. The third kappa shape index (κ3) is 2.47. The van der Waals surface area contributed by atoms with E-state index >= 15 is 0 Å². The number of aromatic nitrogens is 2. The molecule has 3 aromatic rings. The minimum atomic E-state index is 0. The molecule has 0 fully saturated rings. The normalized spacial score (nSPS) is 10.1. The number of nitrogens with zero attached hydrogens (tertiary/aromatic N) is 2. The Labute approximate surface area is 125 Å². The summed E-state index contributed by atoms with van der Waals surface area (Å²) in [6, 6.07) is 23.2. The fourth-order valence-electron chi connectivity index (χ4n) is 2.40. The predicted molar refractivity (Wildman–Crippen MR) is 77.5 cm³/mol. The summed E-state index contributed by atoms with van der Waals surface area (Å²) in [7, 11) is 4.18. The molecule has 0 bridgehead atoms. The molecule has 0 atom stereocenters. The summed E-state index contributed by atoms with van der Waals surface area (Å²) < 4.78 is 4.36. The molecule has 3 rings (SSSR count). The van der Waals surface area contributed by atoms with Crippen LogP contribution >= 0.6 is 0 Å². The van der Waals surface area contributed by atoms with E-state index in [1.54, 1.807) is 0 Å². The molecule has 0 radical (unpaired) electrons. The molecule has 2 aromatic carbocycles. The number of halogens is 1. The van der Waals surface area contributed by atoms with Crippen molar-refractivity contribution in [3.8, 4) is 22.5 Å². The standard InChI is InChI=1S/C17H17N2.ClH/c1-18-16(14-9-5-3-6-10-14)13-17(19(18)2)15-11-7-4-8-12-15;/h3-13H,1-2H3;1H/q+1;/p-1. The molecule has 1 aromatic heterocycles. The van der Waals surface area contributed by atoms with Crippen molar-refractivity contribution in [2.45, 2.75) is 0 Å². The van der Waals surface area contributed by atoms with E-state index in [1.807, 2.05) is 12.1 Å². The zero-order valence-electron chi connectivity index (χ0n) is 11.6. The Balaban J connectivity index is 0.00000147. The zero-order chi connectivity index (χ0) is 13.2. The van der Waals surface area contributed by atoms with Crippen LogP contribution in [0.5, 0.6) is 0 Å². The highest BCUT2D eigenvalue weighted by molar-refractivity contribution is 5.66. The van der Waals surface area contributed by atoms with Crippen LogP contribution < -0.4 is 17.1 Å². The first-order valence-electron chi connectivity index (χ1n) is 6.44. The second kappa shape index (κ2) is 5.93. The fourth-order valence-corrected chi connectivity index (χ4v) is 2.40. The smallest absolute Gasteiger partial charge is 0.238 e. The largest absolute Gasteiger partial charge is 1.00 e. The molecule has 1 heterocycles. The highest BCUT2D eigenvalue weighted by Gasteiger charge is 2.19. The fraction of sp³-hybridized carbons (Fsp3) is 0.118. The maximum absolute atomic E-state index is 2.24. The Morgan fingerprint density at radius 3 is 1.85 bits per heavy atom. The molecule has 0 saturated heterocycles. The number of benzene rings is 2. The van der Waals surface area contributed by atoms with Crippen LogP contribution in [0.1, 0.15) is 0 Å². The molecule has 0 aliphatic rings. The van der Waals surface area contributed by atoms with Crippen LogP contribution in [0, 0.1) is 0 Å². The van der Waals surface area contributed by atoms with Gasteiger partial charge in [0.25, 0.3) is 0 Å². The minimum Gasteiger partial charge on any atom is -1.00 e. The van der Waals surface area contributed by atoms with Gasteiger partial charge in [0.1, 0.15) is 5.69 Å². The SMILES string of the molecule is Cn1c(-c2ccccc2)cc(-c2ccccc2)[n+]1C.[Cl-]. The molecule has 0 unspecified atom stereocenters. The van der Waals surface area contributed by atoms with Crippen molar-refractivity contribution < 1.29 is 17.1 Å². The van der Waals surface area contributed by atoms with Crippen LogP contribution in [0.4, 0.5) is 0 Å². The average molecular weight is 285 g/mol. The molecule has 0 saturated carbocycles. The van der Waals surface area contributed by atoms with Crippen molar-refractivity contribution in [3.63, 3.8) is 0 Å². The minimum absolute atomic E-state index is 0. The van der Waals surface area contributed by atoms with Gasteiger partial charge < -0.3 is 12.4 Å². The quantitative estimate of drug-likeness (QED) is 0.594. The maximum atomic E-state index is 2.24. The summed E-state index contributed by atoms with van der Waals surface area (Å²) in [5, 5.41) is 0. The highest BCUT2D eigenvalue weighted by atomic mass is 35.5. The Morgan fingerprint density at radius 2 is 1.30 bits per heavy atom. The van der Waals surface area contributed by atoms with Crippen LogP contribution in [0.15, 0.2) is 66.7 Å². The van der Waals surface area contributed by atoms with Crippen LogP contribution in [-0.4, -0.2) is 4.68 Å². The molecule has 0 aliphatic heterocycles. The Morgan fingerprint density at radius 1 is 0.800 bits per heavy atom. The molecule has 2 nitrogen and oxygen atoms in total. The first kappa shape index (κ1) is 14.4. The second-order valence-corrected chi connectivity index (χ2v) is 4.69. The first-order valence-corrected chi connectivity index (χ1v) is 6.44. The summed E-state index contributed by atoms with van der Waals surface area (Å²) in [5.41, 5.74) is 4.93. The summed E-state index contributed by atoms with van der Waals surface area (Å²) in [6.07, 6.45) is 0. The van der Waals surface area contributed by atoms with Crippen molar-refractivity contribution in [3.05, 3.63) is 66.7 Å². The predicted octanol–water partition coefficient (Wildman–Crippen LogP) is 0.188. The van der Waals surface area contributed by atoms with Crippen molar-refractivity contribution in [1.29, 1.82) is 0 Å². The van der Waals surface area contributed by atoms with Gasteiger partial charge in [-0.2, -0.15) is 4.68 Å². The first-order chi connectivity index (χ1) is 9.27. The lowest BCUT2D eigenvalue weighted by atomic mass is 10.1. The van der Waals surface area contributed by atoms with E-state index in [9.17, 15) is 0 Å². The van der Waals surface area contributed by atoms with Crippen molar-refractivity contribution in [2.75, 3.05) is 0 Å². The van der Waals surface area contributed by atoms with E-state index in [1.165, 1.54) is 22.5 Å². The summed E-state index contributed by atoms with van der Waals surface area (Å²) >= 11 is 0. The average Bonchev–Trinajstić information content (AvgIpc) is 2.77. The molecule has 0 aliphatic carbocycles. The molecular weight excluding hydrogens is 268 g/mol. The van der Waals surface area contributed by atoms with Gasteiger partial charge in [-0.3, -0.25) is 0 Å². The molecular formula is C17H17ClN2. The van der Waals surface area contributed by atoms with Gasteiger partial charge in [-0.1, -0.05) is 48.5 Å². The number of hydrogen-bond acceptors (Lipinski definition) is 0. The second-order valence-electron chi connectivity index (χ2n) is 4.69. The molecule has 0 spiro atoms. The highest BCUT2D eigenvalue weighted by Crippen LogP contribution is 2.23. The monoisotopic (exact) mass is 284 g/mol. The molecule has 0 amide bonds. The lowest BCUT2D eigenvalue weighted by molar-refractivity contribution is -0.740. The third-order valence-electron chi connectivity index (χ3n) is 3.56. The molecule has 20 heavy (non-hydrogen) atoms. The number of rotatable bonds is 2. The van der Waals surface area contributed by atoms with Gasteiger partial charge in [0.15, 0.2) is 7.05 Å². The van der Waals surface area contributed by atoms with Gasteiger partial charge in [-0.05, 0) is 12.1 Å². The molecule has 3 heteroatoms. The molecule has 102 valence electrons. The van der Waals surface area contributed by atoms with E-state index in [2.05, 4.69) is 78.1 Å². The topological polar surface area (TPSA) is 8.81 Å². The van der Waals surface area contributed by atoms with Gasteiger partial charge in [0, 0.05) is 17.2 Å².